The van der Waals surface area contributed by atoms with Crippen LogP contribution in [-0.4, -0.2) is 56.3 Å². The van der Waals surface area contributed by atoms with E-state index in [1.165, 1.54) is 18.4 Å². The zero-order chi connectivity index (χ0) is 27.0. The van der Waals surface area contributed by atoms with E-state index in [1.54, 1.807) is 0 Å². The average Bonchev–Trinajstić information content (AvgIpc) is 3.68. The van der Waals surface area contributed by atoms with Gasteiger partial charge in [0.2, 0.25) is 5.91 Å². The molecule has 0 radical (unpaired) electrons. The summed E-state index contributed by atoms with van der Waals surface area (Å²) in [6.45, 7) is 6.13. The van der Waals surface area contributed by atoms with Gasteiger partial charge in [-0.2, -0.15) is 12.7 Å². The van der Waals surface area contributed by atoms with E-state index in [2.05, 4.69) is 23.4 Å². The van der Waals surface area contributed by atoms with Crippen molar-refractivity contribution in [2.45, 2.75) is 57.0 Å². The number of hydrogen-bond acceptors (Lipinski definition) is 3. The van der Waals surface area contributed by atoms with Crippen molar-refractivity contribution in [2.75, 3.05) is 20.6 Å². The van der Waals surface area contributed by atoms with Gasteiger partial charge >= 0.3 is 0 Å². The smallest absolute Gasteiger partial charge is 0.279 e. The predicted molar refractivity (Wildman–Crippen MR) is 151 cm³/mol. The van der Waals surface area contributed by atoms with Crippen molar-refractivity contribution in [3.63, 3.8) is 0 Å². The van der Waals surface area contributed by atoms with Gasteiger partial charge in [0.1, 0.15) is 0 Å². The van der Waals surface area contributed by atoms with Crippen LogP contribution in [0.15, 0.2) is 60.2 Å². The molecular formula is C28H37Cl2N3O3S. The lowest BCUT2D eigenvalue weighted by Gasteiger charge is -2.54. The minimum atomic E-state index is -3.64. The summed E-state index contributed by atoms with van der Waals surface area (Å²) in [5, 5.41) is 1.35. The van der Waals surface area contributed by atoms with E-state index in [0.29, 0.717) is 29.3 Å². The molecule has 1 aromatic rings. The maximum absolute atomic E-state index is 14.4. The number of carbonyl (C=O) groups is 1. The first-order valence-electron chi connectivity index (χ1n) is 12.9. The molecule has 1 aromatic carbocycles. The molecule has 6 nitrogen and oxygen atoms in total. The Hall–Kier alpha value is -1.64. The molecule has 9 heteroatoms. The maximum Gasteiger partial charge on any atom is 0.279 e. The fourth-order valence-corrected chi connectivity index (χ4v) is 6.91. The van der Waals surface area contributed by atoms with Crippen LogP contribution >= 0.6 is 23.2 Å². The second kappa shape index (κ2) is 11.2. The minimum absolute atomic E-state index is 0.00739. The Morgan fingerprint density at radius 3 is 2.59 bits per heavy atom. The molecule has 2 fully saturated rings. The van der Waals surface area contributed by atoms with Gasteiger partial charge < -0.3 is 4.90 Å². The van der Waals surface area contributed by atoms with Crippen LogP contribution in [-0.2, 0) is 15.0 Å². The summed E-state index contributed by atoms with van der Waals surface area (Å²) in [6.07, 6.45) is 11.7. The highest BCUT2D eigenvalue weighted by atomic mass is 35.5. The van der Waals surface area contributed by atoms with Crippen molar-refractivity contribution in [3.8, 4) is 0 Å². The number of allylic oxidation sites excluding steroid dienone is 4. The summed E-state index contributed by atoms with van der Waals surface area (Å²) in [7, 11) is -0.639. The molecule has 1 aliphatic heterocycles. The van der Waals surface area contributed by atoms with E-state index in [0.717, 1.165) is 18.4 Å². The second-order valence-corrected chi connectivity index (χ2v) is 13.9. The van der Waals surface area contributed by atoms with Crippen molar-refractivity contribution < 1.29 is 13.2 Å². The lowest BCUT2D eigenvalue weighted by atomic mass is 9.65. The van der Waals surface area contributed by atoms with Crippen molar-refractivity contribution in [1.29, 1.82) is 0 Å². The quantitative estimate of drug-likeness (QED) is 0.382. The zero-order valence-corrected chi connectivity index (χ0v) is 24.1. The highest BCUT2D eigenvalue weighted by Crippen LogP contribution is 2.51. The number of rotatable bonds is 10. The molecule has 0 aromatic heterocycles. The van der Waals surface area contributed by atoms with E-state index >= 15 is 0 Å². The number of nitrogens with one attached hydrogen (secondary N) is 1. The van der Waals surface area contributed by atoms with E-state index in [9.17, 15) is 13.2 Å². The van der Waals surface area contributed by atoms with Gasteiger partial charge in [-0.1, -0.05) is 60.5 Å². The lowest BCUT2D eigenvalue weighted by Crippen LogP contribution is -2.63. The number of carbonyl (C=O) groups excluding carboxylic acids is 1. The van der Waals surface area contributed by atoms with Crippen molar-refractivity contribution in [2.24, 2.45) is 17.3 Å². The van der Waals surface area contributed by atoms with Crippen LogP contribution in [0.5, 0.6) is 0 Å². The van der Waals surface area contributed by atoms with Gasteiger partial charge in [-0.15, -0.1) is 6.58 Å². The summed E-state index contributed by atoms with van der Waals surface area (Å²) in [5.41, 5.74) is 0.424. The van der Waals surface area contributed by atoms with Gasteiger partial charge in [-0.25, -0.2) is 4.72 Å². The van der Waals surface area contributed by atoms with E-state index in [4.69, 9.17) is 23.2 Å². The molecule has 1 unspecified atom stereocenters. The van der Waals surface area contributed by atoms with Gasteiger partial charge in [0.15, 0.2) is 0 Å². The van der Waals surface area contributed by atoms with Gasteiger partial charge in [0, 0.05) is 54.6 Å². The third kappa shape index (κ3) is 6.17. The molecule has 1 N–H and O–H groups in total. The molecule has 37 heavy (non-hydrogen) atoms. The minimum Gasteiger partial charge on any atom is -0.333 e. The van der Waals surface area contributed by atoms with E-state index in [-0.39, 0.29) is 42.3 Å². The van der Waals surface area contributed by atoms with Crippen LogP contribution in [0.3, 0.4) is 0 Å². The Labute approximate surface area is 231 Å². The van der Waals surface area contributed by atoms with Gasteiger partial charge in [0.25, 0.3) is 10.2 Å². The number of likely N-dealkylation sites (tertiary alicyclic amines) is 1. The number of halogens is 2. The first-order valence-corrected chi connectivity index (χ1v) is 15.1. The van der Waals surface area contributed by atoms with Gasteiger partial charge in [-0.3, -0.25) is 4.79 Å². The number of piperidine rings is 1. The molecule has 0 bridgehead atoms. The second-order valence-electron chi connectivity index (χ2n) is 11.0. The van der Waals surface area contributed by atoms with Gasteiger partial charge in [-0.05, 0) is 61.8 Å². The third-order valence-corrected chi connectivity index (χ3v) is 10.0. The average molecular weight is 567 g/mol. The molecular weight excluding hydrogens is 529 g/mol. The SMILES string of the molecule is C=CC[C@@]1(C)C[C@H](c2cccc(Cl)c2)[C@@H](C2C=CC(Cl)=CC2)N([C@H](CNS(=O)(=O)N(C)C)C2CC2)C1=O. The van der Waals surface area contributed by atoms with E-state index < -0.39 is 15.6 Å². The normalized spacial score (nSPS) is 29.4. The van der Waals surface area contributed by atoms with Crippen LogP contribution in [0.25, 0.3) is 0 Å². The molecule has 1 saturated heterocycles. The Bertz CT molecular complexity index is 1190. The summed E-state index contributed by atoms with van der Waals surface area (Å²) in [5.74, 6) is 0.350. The summed E-state index contributed by atoms with van der Waals surface area (Å²) >= 11 is 12.7. The first kappa shape index (κ1) is 28.4. The molecule has 1 amide bonds. The molecule has 5 atom stereocenters. The summed E-state index contributed by atoms with van der Waals surface area (Å²) in [6, 6.07) is 7.47. The molecule has 4 rings (SSSR count). The molecule has 2 aliphatic carbocycles. The Morgan fingerprint density at radius 2 is 2.03 bits per heavy atom. The van der Waals surface area contributed by atoms with Crippen molar-refractivity contribution in [1.82, 2.24) is 13.9 Å². The van der Waals surface area contributed by atoms with Gasteiger partial charge in [0.05, 0.1) is 5.41 Å². The molecule has 1 heterocycles. The zero-order valence-electron chi connectivity index (χ0n) is 21.7. The topological polar surface area (TPSA) is 69.7 Å². The number of hydrogen-bond donors (Lipinski definition) is 1. The monoisotopic (exact) mass is 565 g/mol. The molecule has 3 aliphatic rings. The highest BCUT2D eigenvalue weighted by molar-refractivity contribution is 7.87. The number of nitrogens with zero attached hydrogens (tertiary/aromatic N) is 2. The van der Waals surface area contributed by atoms with Crippen molar-refractivity contribution >= 4 is 39.3 Å². The van der Waals surface area contributed by atoms with Crippen molar-refractivity contribution in [3.05, 3.63) is 70.8 Å². The summed E-state index contributed by atoms with van der Waals surface area (Å²) < 4.78 is 29.3. The molecule has 0 spiro atoms. The standard InChI is InChI=1S/C28H37Cl2N3O3S/c1-5-15-28(2)17-24(21-7-6-8-23(30)16-21)26(20-11-13-22(29)14-12-20)33(27(28)34)25(19-9-10-19)18-31-37(35,36)32(3)4/h5-8,11,13-14,16,19-20,24-26,31H,1,9-10,12,15,17-18H2,2-4H3/t20?,24-,25-,26-,28+/m1/s1. The number of benzene rings is 1. The van der Waals surface area contributed by atoms with Crippen LogP contribution in [0.4, 0.5) is 0 Å². The van der Waals surface area contributed by atoms with Crippen LogP contribution in [0.1, 0.15) is 50.5 Å². The number of amides is 1. The highest BCUT2D eigenvalue weighted by Gasteiger charge is 2.54. The van der Waals surface area contributed by atoms with Crippen LogP contribution in [0.2, 0.25) is 5.02 Å². The Morgan fingerprint density at radius 1 is 1.30 bits per heavy atom. The fraction of sp³-hybridized carbons (Fsp3) is 0.536. The largest absolute Gasteiger partial charge is 0.333 e. The van der Waals surface area contributed by atoms with E-state index in [1.807, 2.05) is 48.3 Å². The third-order valence-electron chi connectivity index (χ3n) is 8.03. The molecule has 202 valence electrons. The molecule has 1 saturated carbocycles. The predicted octanol–water partition coefficient (Wildman–Crippen LogP) is 5.48. The summed E-state index contributed by atoms with van der Waals surface area (Å²) in [4.78, 5) is 16.5. The first-order chi connectivity index (χ1) is 17.5. The Balaban J connectivity index is 1.82. The van der Waals surface area contributed by atoms with Crippen LogP contribution in [0, 0.1) is 17.3 Å². The lowest BCUT2D eigenvalue weighted by molar-refractivity contribution is -0.156. The van der Waals surface area contributed by atoms with Crippen LogP contribution < -0.4 is 4.72 Å². The fourth-order valence-electron chi connectivity index (χ4n) is 5.91. The Kier molecular flexibility index (Phi) is 8.61. The maximum atomic E-state index is 14.4.